The number of hydrogen-bond donors (Lipinski definition) is 0. The molecule has 0 atom stereocenters. The highest BCUT2D eigenvalue weighted by Gasteiger charge is 2.07. The second-order valence-corrected chi connectivity index (χ2v) is 4.96. The van der Waals surface area contributed by atoms with Gasteiger partial charge in [-0.1, -0.05) is 12.1 Å². The summed E-state index contributed by atoms with van der Waals surface area (Å²) in [7, 11) is 0. The van der Waals surface area contributed by atoms with Crippen LogP contribution < -0.4 is 0 Å². The van der Waals surface area contributed by atoms with Crippen LogP contribution in [0.25, 0.3) is 11.0 Å². The van der Waals surface area contributed by atoms with Gasteiger partial charge in [0.05, 0.1) is 17.4 Å². The van der Waals surface area contributed by atoms with Crippen LogP contribution in [0.2, 0.25) is 0 Å². The first-order valence-corrected chi connectivity index (χ1v) is 6.93. The smallest absolute Gasteiger partial charge is 0.162 e. The predicted octanol–water partition coefficient (Wildman–Crippen LogP) is 3.84. The number of rotatable bonds is 5. The molecule has 0 amide bonds. The monoisotopic (exact) mass is 282 g/mol. The van der Waals surface area contributed by atoms with Crippen molar-refractivity contribution in [2.75, 3.05) is 0 Å². The summed E-state index contributed by atoms with van der Waals surface area (Å²) in [5.41, 5.74) is 2.60. The van der Waals surface area contributed by atoms with Crippen molar-refractivity contribution in [3.63, 3.8) is 0 Å². The first kappa shape index (κ1) is 13.5. The molecule has 0 aliphatic rings. The van der Waals surface area contributed by atoms with Crippen LogP contribution in [-0.4, -0.2) is 15.3 Å². The highest BCUT2D eigenvalue weighted by atomic mass is 19.1. The van der Waals surface area contributed by atoms with Crippen LogP contribution in [0, 0.1) is 5.82 Å². The molecule has 0 saturated carbocycles. The van der Waals surface area contributed by atoms with Gasteiger partial charge in [-0.05, 0) is 42.8 Å². The molecule has 4 heteroatoms. The SMILES string of the molecule is O=C(CCCn1cnc2ccccc21)c1ccc(F)cc1. The van der Waals surface area contributed by atoms with Crippen LogP contribution in [0.4, 0.5) is 4.39 Å². The molecule has 0 fully saturated rings. The number of imidazole rings is 1. The van der Waals surface area contributed by atoms with E-state index in [0.29, 0.717) is 12.0 Å². The third-order valence-corrected chi connectivity index (χ3v) is 3.50. The molecule has 0 aliphatic carbocycles. The van der Waals surface area contributed by atoms with E-state index in [-0.39, 0.29) is 11.6 Å². The Balaban J connectivity index is 1.61. The van der Waals surface area contributed by atoms with Crippen LogP contribution in [0.3, 0.4) is 0 Å². The Morgan fingerprint density at radius 1 is 1.10 bits per heavy atom. The number of fused-ring (bicyclic) bond motifs is 1. The number of halogens is 1. The quantitative estimate of drug-likeness (QED) is 0.666. The molecule has 0 aliphatic heterocycles. The maximum Gasteiger partial charge on any atom is 0.162 e. The number of carbonyl (C=O) groups excluding carboxylic acids is 1. The molecule has 106 valence electrons. The fraction of sp³-hybridized carbons (Fsp3) is 0.176. The molecular weight excluding hydrogens is 267 g/mol. The predicted molar refractivity (Wildman–Crippen MR) is 79.7 cm³/mol. The molecule has 0 bridgehead atoms. The van der Waals surface area contributed by atoms with Gasteiger partial charge in [0.2, 0.25) is 0 Å². The summed E-state index contributed by atoms with van der Waals surface area (Å²) in [5, 5.41) is 0. The van der Waals surface area contributed by atoms with E-state index in [1.54, 1.807) is 6.33 Å². The zero-order chi connectivity index (χ0) is 14.7. The van der Waals surface area contributed by atoms with Crippen molar-refractivity contribution in [3.8, 4) is 0 Å². The number of benzene rings is 2. The number of aryl methyl sites for hydroxylation is 1. The number of hydrogen-bond acceptors (Lipinski definition) is 2. The summed E-state index contributed by atoms with van der Waals surface area (Å²) in [4.78, 5) is 16.3. The lowest BCUT2D eigenvalue weighted by molar-refractivity contribution is 0.0978. The van der Waals surface area contributed by atoms with Gasteiger partial charge >= 0.3 is 0 Å². The Morgan fingerprint density at radius 3 is 2.67 bits per heavy atom. The standard InChI is InChI=1S/C17H15FN2O/c18-14-9-7-13(8-10-14)17(21)6-3-11-20-12-19-15-4-1-2-5-16(15)20/h1-2,4-5,7-10,12H,3,6,11H2. The summed E-state index contributed by atoms with van der Waals surface area (Å²) in [6.45, 7) is 0.744. The van der Waals surface area contributed by atoms with Crippen molar-refractivity contribution in [2.24, 2.45) is 0 Å². The molecular formula is C17H15FN2O. The summed E-state index contributed by atoms with van der Waals surface area (Å²) in [6.07, 6.45) is 2.97. The number of ketones is 1. The zero-order valence-corrected chi connectivity index (χ0v) is 11.5. The lowest BCUT2D eigenvalue weighted by Crippen LogP contribution is -2.03. The van der Waals surface area contributed by atoms with E-state index in [9.17, 15) is 9.18 Å². The van der Waals surface area contributed by atoms with Gasteiger partial charge in [0, 0.05) is 18.5 Å². The number of nitrogens with zero attached hydrogens (tertiary/aromatic N) is 2. The molecule has 0 saturated heterocycles. The van der Waals surface area contributed by atoms with Crippen LogP contribution in [-0.2, 0) is 6.54 Å². The molecule has 1 aromatic heterocycles. The van der Waals surface area contributed by atoms with Gasteiger partial charge in [-0.2, -0.15) is 0 Å². The lowest BCUT2D eigenvalue weighted by atomic mass is 10.1. The number of aromatic nitrogens is 2. The Kier molecular flexibility index (Phi) is 3.77. The first-order chi connectivity index (χ1) is 10.2. The van der Waals surface area contributed by atoms with Crippen molar-refractivity contribution in [1.82, 2.24) is 9.55 Å². The fourth-order valence-corrected chi connectivity index (χ4v) is 2.38. The topological polar surface area (TPSA) is 34.9 Å². The second-order valence-electron chi connectivity index (χ2n) is 4.96. The first-order valence-electron chi connectivity index (χ1n) is 6.93. The van der Waals surface area contributed by atoms with Crippen molar-refractivity contribution in [1.29, 1.82) is 0 Å². The van der Waals surface area contributed by atoms with Gasteiger partial charge < -0.3 is 4.57 Å². The molecule has 3 rings (SSSR count). The Morgan fingerprint density at radius 2 is 1.86 bits per heavy atom. The maximum atomic E-state index is 12.8. The Hall–Kier alpha value is -2.49. The average molecular weight is 282 g/mol. The fourth-order valence-electron chi connectivity index (χ4n) is 2.38. The van der Waals surface area contributed by atoms with E-state index >= 15 is 0 Å². The van der Waals surface area contributed by atoms with Gasteiger partial charge in [-0.25, -0.2) is 9.37 Å². The molecule has 3 nitrogen and oxygen atoms in total. The van der Waals surface area contributed by atoms with E-state index in [0.717, 1.165) is 24.0 Å². The van der Waals surface area contributed by atoms with Crippen LogP contribution >= 0.6 is 0 Å². The summed E-state index contributed by atoms with van der Waals surface area (Å²) in [6, 6.07) is 13.6. The van der Waals surface area contributed by atoms with E-state index < -0.39 is 0 Å². The lowest BCUT2D eigenvalue weighted by Gasteiger charge is -2.04. The third kappa shape index (κ3) is 2.99. The zero-order valence-electron chi connectivity index (χ0n) is 11.5. The van der Waals surface area contributed by atoms with Gasteiger partial charge in [0.15, 0.2) is 5.78 Å². The largest absolute Gasteiger partial charge is 0.331 e. The molecule has 0 radical (unpaired) electrons. The second kappa shape index (κ2) is 5.87. The van der Waals surface area contributed by atoms with Gasteiger partial charge in [-0.15, -0.1) is 0 Å². The number of para-hydroxylation sites is 2. The van der Waals surface area contributed by atoms with Crippen molar-refractivity contribution < 1.29 is 9.18 Å². The summed E-state index contributed by atoms with van der Waals surface area (Å²) < 4.78 is 14.9. The van der Waals surface area contributed by atoms with Crippen LogP contribution in [0.1, 0.15) is 23.2 Å². The highest BCUT2D eigenvalue weighted by molar-refractivity contribution is 5.95. The van der Waals surface area contributed by atoms with Crippen LogP contribution in [0.5, 0.6) is 0 Å². The molecule has 1 heterocycles. The Bertz CT molecular complexity index is 762. The van der Waals surface area contributed by atoms with Crippen LogP contribution in [0.15, 0.2) is 54.9 Å². The minimum atomic E-state index is -0.323. The molecule has 2 aromatic carbocycles. The van der Waals surface area contributed by atoms with E-state index in [1.165, 1.54) is 24.3 Å². The van der Waals surface area contributed by atoms with E-state index in [2.05, 4.69) is 4.98 Å². The number of Topliss-reactive ketones (excluding diaryl/α,β-unsaturated/α-hetero) is 1. The van der Waals surface area contributed by atoms with Crippen molar-refractivity contribution >= 4 is 16.8 Å². The summed E-state index contributed by atoms with van der Waals surface area (Å²) >= 11 is 0. The van der Waals surface area contributed by atoms with Gasteiger partial charge in [-0.3, -0.25) is 4.79 Å². The minimum absolute atomic E-state index is 0.0411. The maximum absolute atomic E-state index is 12.8. The third-order valence-electron chi connectivity index (χ3n) is 3.50. The molecule has 3 aromatic rings. The van der Waals surface area contributed by atoms with E-state index in [1.807, 2.05) is 28.8 Å². The minimum Gasteiger partial charge on any atom is -0.331 e. The number of carbonyl (C=O) groups is 1. The van der Waals surface area contributed by atoms with Crippen molar-refractivity contribution in [3.05, 3.63) is 66.2 Å². The Labute approximate surface area is 122 Å². The molecule has 21 heavy (non-hydrogen) atoms. The van der Waals surface area contributed by atoms with Gasteiger partial charge in [0.25, 0.3) is 0 Å². The average Bonchev–Trinajstić information content (AvgIpc) is 2.91. The van der Waals surface area contributed by atoms with Gasteiger partial charge in [0.1, 0.15) is 5.82 Å². The molecule has 0 spiro atoms. The highest BCUT2D eigenvalue weighted by Crippen LogP contribution is 2.13. The molecule has 0 unspecified atom stereocenters. The summed E-state index contributed by atoms with van der Waals surface area (Å²) in [5.74, 6) is -0.282. The normalized spacial score (nSPS) is 10.9. The van der Waals surface area contributed by atoms with Crippen molar-refractivity contribution in [2.45, 2.75) is 19.4 Å². The van der Waals surface area contributed by atoms with E-state index in [4.69, 9.17) is 0 Å². The molecule has 0 N–H and O–H groups in total.